The number of carbonyl (C=O) groups is 4. The molecule has 3 heterocycles. The molecule has 1 saturated carbocycles. The number of nitrogens with one attached hydrogen (secondary N) is 1. The van der Waals surface area contributed by atoms with Crippen LogP contribution in [0.15, 0.2) is 60.7 Å². The molecule has 2 aromatic carbocycles. The van der Waals surface area contributed by atoms with Crippen LogP contribution in [0.1, 0.15) is 104 Å². The number of piperidine rings is 1. The number of hydrogen-bond donors (Lipinski definition) is 1. The smallest absolute Gasteiger partial charge is 0.410 e. The van der Waals surface area contributed by atoms with Gasteiger partial charge in [0.2, 0.25) is 11.8 Å². The molecule has 0 radical (unpaired) electrons. The third kappa shape index (κ3) is 11.3. The van der Waals surface area contributed by atoms with Gasteiger partial charge in [0.05, 0.1) is 19.3 Å². The first-order valence-corrected chi connectivity index (χ1v) is 20.9. The zero-order chi connectivity index (χ0) is 40.8. The molecule has 4 aliphatic rings. The molecule has 4 amide bonds. The number of hydrogen-bond acceptors (Lipinski definition) is 8. The van der Waals surface area contributed by atoms with Gasteiger partial charge >= 0.3 is 12.2 Å². The molecule has 57 heavy (non-hydrogen) atoms. The van der Waals surface area contributed by atoms with E-state index < -0.39 is 29.2 Å². The third-order valence-corrected chi connectivity index (χ3v) is 12.2. The van der Waals surface area contributed by atoms with Crippen molar-refractivity contribution in [1.82, 2.24) is 20.0 Å². The summed E-state index contributed by atoms with van der Waals surface area (Å²) in [6.07, 6.45) is 5.10. The normalized spacial score (nSPS) is 23.5. The first kappa shape index (κ1) is 42.4. The second kappa shape index (κ2) is 18.2. The first-order chi connectivity index (χ1) is 27.1. The molecule has 6 rings (SSSR count). The van der Waals surface area contributed by atoms with E-state index in [0.717, 1.165) is 49.7 Å². The van der Waals surface area contributed by atoms with Gasteiger partial charge < -0.3 is 39.0 Å². The molecule has 3 aliphatic heterocycles. The lowest BCUT2D eigenvalue weighted by molar-refractivity contribution is -0.150. The molecule has 1 aliphatic carbocycles. The Morgan fingerprint density at radius 3 is 2.12 bits per heavy atom. The molecule has 1 N–H and O–H groups in total. The van der Waals surface area contributed by atoms with Gasteiger partial charge in [-0.15, -0.1) is 0 Å². The fourth-order valence-electron chi connectivity index (χ4n) is 8.77. The van der Waals surface area contributed by atoms with Crippen molar-refractivity contribution in [2.45, 2.75) is 123 Å². The van der Waals surface area contributed by atoms with Gasteiger partial charge in [-0.1, -0.05) is 81.4 Å². The molecule has 3 saturated heterocycles. The van der Waals surface area contributed by atoms with Gasteiger partial charge in [0, 0.05) is 39.2 Å². The fraction of sp³-hybridized carbons (Fsp3) is 0.644. The van der Waals surface area contributed by atoms with Crippen LogP contribution in [0.2, 0.25) is 0 Å². The Balaban J connectivity index is 1.06. The van der Waals surface area contributed by atoms with Crippen LogP contribution in [0.4, 0.5) is 9.59 Å². The molecule has 4 atom stereocenters. The van der Waals surface area contributed by atoms with E-state index in [1.807, 2.05) is 91.2 Å². The lowest BCUT2D eigenvalue weighted by Crippen LogP contribution is -2.59. The van der Waals surface area contributed by atoms with Crippen molar-refractivity contribution in [3.63, 3.8) is 0 Å². The Morgan fingerprint density at radius 1 is 0.842 bits per heavy atom. The van der Waals surface area contributed by atoms with E-state index in [1.54, 1.807) is 25.7 Å². The van der Waals surface area contributed by atoms with Crippen molar-refractivity contribution < 1.29 is 38.1 Å². The molecule has 12 nitrogen and oxygen atoms in total. The Morgan fingerprint density at radius 2 is 1.49 bits per heavy atom. The molecule has 4 fully saturated rings. The molecule has 2 aromatic rings. The summed E-state index contributed by atoms with van der Waals surface area (Å²) in [6.45, 7) is 14.8. The number of likely N-dealkylation sites (tertiary alicyclic amines) is 2. The number of carbonyl (C=O) groups excluding carboxylic acids is 4. The van der Waals surface area contributed by atoms with Crippen LogP contribution < -0.4 is 5.32 Å². The zero-order valence-electron chi connectivity index (χ0n) is 34.9. The van der Waals surface area contributed by atoms with E-state index in [-0.39, 0.29) is 48.7 Å². The number of ether oxygens (including phenoxy) is 4. The SMILES string of the molecule is CC(C)(C)OC(=O)N[C@H](C(=O)N1C[C@@H](OCC2CCC3(CC2)CCN(C(=O)OCc2ccccc2)CC3)CC1C(=O)N1CCO[C@H](c2ccccc2)C1)C(C)(C)C. The summed E-state index contributed by atoms with van der Waals surface area (Å²) in [7, 11) is 0. The Bertz CT molecular complexity index is 1660. The standard InChI is InChI=1S/C45H64N4O8/c1-43(2,3)38(46-41(52)57-44(4,5)6)40(51)49-28-35(27-36(49)39(50)48-25-26-54-37(29-48)34-15-11-8-12-16-34)55-30-33-17-19-45(20-18-33)21-23-47(24-22-45)42(53)56-31-32-13-9-7-10-14-32/h7-16,33,35-38H,17-31H2,1-6H3,(H,46,52)/t35-,36?,37-,38+/m0/s1. The van der Waals surface area contributed by atoms with Crippen molar-refractivity contribution in [2.75, 3.05) is 45.9 Å². The van der Waals surface area contributed by atoms with Crippen LogP contribution in [0.3, 0.4) is 0 Å². The summed E-state index contributed by atoms with van der Waals surface area (Å²) in [5.41, 5.74) is 0.830. The van der Waals surface area contributed by atoms with Gasteiger partial charge in [-0.2, -0.15) is 0 Å². The first-order valence-electron chi connectivity index (χ1n) is 20.9. The van der Waals surface area contributed by atoms with Gasteiger partial charge in [0.15, 0.2) is 0 Å². The Hall–Kier alpha value is -4.16. The topological polar surface area (TPSA) is 127 Å². The summed E-state index contributed by atoms with van der Waals surface area (Å²) >= 11 is 0. The summed E-state index contributed by atoms with van der Waals surface area (Å²) in [6, 6.07) is 18.0. The largest absolute Gasteiger partial charge is 0.445 e. The minimum absolute atomic E-state index is 0.126. The quantitative estimate of drug-likeness (QED) is 0.285. The summed E-state index contributed by atoms with van der Waals surface area (Å²) in [4.78, 5) is 60.1. The highest BCUT2D eigenvalue weighted by molar-refractivity contribution is 5.92. The number of nitrogens with zero attached hydrogens (tertiary/aromatic N) is 3. The fourth-order valence-corrected chi connectivity index (χ4v) is 8.77. The van der Waals surface area contributed by atoms with Gasteiger partial charge in [0.1, 0.15) is 30.4 Å². The van der Waals surface area contributed by atoms with Crippen molar-refractivity contribution in [2.24, 2.45) is 16.7 Å². The van der Waals surface area contributed by atoms with Crippen molar-refractivity contribution in [3.8, 4) is 0 Å². The minimum Gasteiger partial charge on any atom is -0.445 e. The van der Waals surface area contributed by atoms with E-state index in [9.17, 15) is 19.2 Å². The van der Waals surface area contributed by atoms with E-state index in [2.05, 4.69) is 5.32 Å². The van der Waals surface area contributed by atoms with Crippen molar-refractivity contribution in [3.05, 3.63) is 71.8 Å². The molecular formula is C45H64N4O8. The van der Waals surface area contributed by atoms with Crippen LogP contribution in [0.25, 0.3) is 0 Å². The lowest BCUT2D eigenvalue weighted by Gasteiger charge is -2.45. The van der Waals surface area contributed by atoms with Gasteiger partial charge in [-0.05, 0) is 87.2 Å². The maximum atomic E-state index is 14.5. The second-order valence-electron chi connectivity index (χ2n) is 18.7. The van der Waals surface area contributed by atoms with Crippen LogP contribution in [-0.2, 0) is 35.1 Å². The van der Waals surface area contributed by atoms with Gasteiger partial charge in [-0.3, -0.25) is 9.59 Å². The Kier molecular flexibility index (Phi) is 13.5. The van der Waals surface area contributed by atoms with Gasteiger partial charge in [0.25, 0.3) is 0 Å². The molecule has 0 aromatic heterocycles. The molecule has 1 unspecified atom stereocenters. The minimum atomic E-state index is -0.921. The molecular weight excluding hydrogens is 725 g/mol. The van der Waals surface area contributed by atoms with Crippen molar-refractivity contribution in [1.29, 1.82) is 0 Å². The van der Waals surface area contributed by atoms with Crippen molar-refractivity contribution >= 4 is 24.0 Å². The maximum Gasteiger partial charge on any atom is 0.410 e. The zero-order valence-corrected chi connectivity index (χ0v) is 34.9. The van der Waals surface area contributed by atoms with Crippen LogP contribution in [0, 0.1) is 16.7 Å². The number of rotatable bonds is 9. The highest BCUT2D eigenvalue weighted by Crippen LogP contribution is 2.46. The van der Waals surface area contributed by atoms with E-state index in [1.165, 1.54) is 0 Å². The number of benzene rings is 2. The average Bonchev–Trinajstić information content (AvgIpc) is 3.63. The van der Waals surface area contributed by atoms with E-state index >= 15 is 0 Å². The summed E-state index contributed by atoms with van der Waals surface area (Å²) < 4.78 is 23.8. The van der Waals surface area contributed by atoms with Crippen LogP contribution >= 0.6 is 0 Å². The summed E-state index contributed by atoms with van der Waals surface area (Å²) in [5, 5.41) is 2.84. The highest BCUT2D eigenvalue weighted by Gasteiger charge is 2.48. The monoisotopic (exact) mass is 788 g/mol. The maximum absolute atomic E-state index is 14.5. The molecule has 1 spiro atoms. The van der Waals surface area contributed by atoms with Crippen LogP contribution in [0.5, 0.6) is 0 Å². The van der Waals surface area contributed by atoms with Gasteiger partial charge in [-0.25, -0.2) is 9.59 Å². The molecule has 12 heteroatoms. The molecule has 312 valence electrons. The predicted octanol–water partition coefficient (Wildman–Crippen LogP) is 7.12. The number of amides is 4. The van der Waals surface area contributed by atoms with E-state index in [0.29, 0.717) is 51.7 Å². The number of alkyl carbamates (subject to hydrolysis) is 1. The average molecular weight is 789 g/mol. The Labute approximate surface area is 338 Å². The van der Waals surface area contributed by atoms with Crippen LogP contribution in [-0.4, -0.2) is 108 Å². The van der Waals surface area contributed by atoms with E-state index in [4.69, 9.17) is 18.9 Å². The predicted molar refractivity (Wildman–Crippen MR) is 216 cm³/mol. The second-order valence-corrected chi connectivity index (χ2v) is 18.7. The summed E-state index contributed by atoms with van der Waals surface area (Å²) in [5.74, 6) is -0.0653. The molecule has 0 bridgehead atoms. The highest BCUT2D eigenvalue weighted by atomic mass is 16.6. The lowest BCUT2D eigenvalue weighted by atomic mass is 9.65. The number of morpholine rings is 1. The third-order valence-electron chi connectivity index (χ3n) is 12.2.